The van der Waals surface area contributed by atoms with Gasteiger partial charge in [0, 0.05) is 17.3 Å². The maximum absolute atomic E-state index is 11.1. The number of aromatic nitrogens is 2. The van der Waals surface area contributed by atoms with Gasteiger partial charge in [-0.25, -0.2) is 0 Å². The molecule has 5 aromatic rings. The average molecular weight is 509 g/mol. The van der Waals surface area contributed by atoms with Crippen LogP contribution in [-0.2, 0) is 0 Å². The number of nitrogens with one attached hydrogen (secondary N) is 1. The van der Waals surface area contributed by atoms with E-state index in [1.165, 1.54) is 0 Å². The minimum absolute atomic E-state index is 0.0472. The molecule has 0 bridgehead atoms. The molecule has 7 heteroatoms. The van der Waals surface area contributed by atoms with Crippen LogP contribution in [0.2, 0.25) is 0 Å². The third-order valence-corrected chi connectivity index (χ3v) is 5.50. The van der Waals surface area contributed by atoms with Gasteiger partial charge in [-0.3, -0.25) is 9.89 Å². The molecule has 0 fully saturated rings. The first-order chi connectivity index (χ1) is 18.5. The maximum atomic E-state index is 11.1. The van der Waals surface area contributed by atoms with Gasteiger partial charge in [0.2, 0.25) is 0 Å². The van der Waals surface area contributed by atoms with Crippen LogP contribution < -0.4 is 18.9 Å². The first kappa shape index (κ1) is 26.0. The summed E-state index contributed by atoms with van der Waals surface area (Å²) in [6.07, 6.45) is 1.80. The summed E-state index contributed by atoms with van der Waals surface area (Å²) < 4.78 is 21.6. The zero-order valence-corrected chi connectivity index (χ0v) is 21.4. The van der Waals surface area contributed by atoms with Crippen LogP contribution >= 0.6 is 0 Å². The molecule has 1 N–H and O–H groups in total. The van der Waals surface area contributed by atoms with Crippen molar-refractivity contribution in [3.05, 3.63) is 115 Å². The lowest BCUT2D eigenvalue weighted by Gasteiger charge is -2.07. The molecular weight excluding hydrogens is 480 g/mol. The van der Waals surface area contributed by atoms with Gasteiger partial charge in [-0.1, -0.05) is 0 Å². The Hall–Kier alpha value is -5.04. The number of Topliss-reactive ketones (excluding diaryl/α,β-unsaturated/α-hetero) is 1. The van der Waals surface area contributed by atoms with Crippen molar-refractivity contribution in [2.45, 2.75) is 6.92 Å². The number of hydrogen-bond donors (Lipinski definition) is 1. The number of H-pyrrole nitrogens is 1. The van der Waals surface area contributed by atoms with E-state index in [1.54, 1.807) is 51.6 Å². The third kappa shape index (κ3) is 7.24. The highest BCUT2D eigenvalue weighted by Crippen LogP contribution is 2.26. The molecule has 0 spiro atoms. The van der Waals surface area contributed by atoms with Crippen molar-refractivity contribution >= 4 is 5.78 Å². The van der Waals surface area contributed by atoms with Crippen molar-refractivity contribution < 1.29 is 23.7 Å². The highest BCUT2D eigenvalue weighted by atomic mass is 16.5. The summed E-state index contributed by atoms with van der Waals surface area (Å²) in [7, 11) is 3.26. The van der Waals surface area contributed by atoms with Gasteiger partial charge in [-0.15, -0.1) is 0 Å². The second-order valence-corrected chi connectivity index (χ2v) is 8.12. The van der Waals surface area contributed by atoms with Gasteiger partial charge in [0.25, 0.3) is 0 Å². The van der Waals surface area contributed by atoms with Crippen LogP contribution in [0.15, 0.2) is 109 Å². The SMILES string of the molecule is COc1ccc(Oc2ccc(-c3cc[nH]n3)cc2)cc1.COc1ccc(Oc2ccc(C(C)=O)cc2)cc1. The largest absolute Gasteiger partial charge is 0.497 e. The minimum atomic E-state index is 0.0472. The zero-order valence-electron chi connectivity index (χ0n) is 21.4. The molecule has 0 aliphatic rings. The lowest BCUT2D eigenvalue weighted by atomic mass is 10.1. The van der Waals surface area contributed by atoms with E-state index in [9.17, 15) is 4.79 Å². The van der Waals surface area contributed by atoms with E-state index in [2.05, 4.69) is 10.2 Å². The summed E-state index contributed by atoms with van der Waals surface area (Å²) in [6.45, 7) is 1.54. The average Bonchev–Trinajstić information content (AvgIpc) is 3.50. The zero-order chi connectivity index (χ0) is 26.7. The van der Waals surface area contributed by atoms with Gasteiger partial charge in [0.15, 0.2) is 5.78 Å². The predicted molar refractivity (Wildman–Crippen MR) is 147 cm³/mol. The topological polar surface area (TPSA) is 82.7 Å². The van der Waals surface area contributed by atoms with E-state index >= 15 is 0 Å². The molecule has 1 heterocycles. The van der Waals surface area contributed by atoms with E-state index in [0.717, 1.165) is 40.0 Å². The van der Waals surface area contributed by atoms with Crippen LogP contribution in [0.4, 0.5) is 0 Å². The van der Waals surface area contributed by atoms with Crippen LogP contribution in [0, 0.1) is 0 Å². The standard InChI is InChI=1S/C16H14N2O2.C15H14O3/c1-19-13-6-8-15(9-7-13)20-14-4-2-12(3-5-14)16-10-11-17-18-16;1-11(16)12-3-5-14(6-4-12)18-15-9-7-13(17-2)8-10-15/h2-11H,1H3,(H,17,18);3-10H,1-2H3. The number of carbonyl (C=O) groups is 1. The summed E-state index contributed by atoms with van der Waals surface area (Å²) >= 11 is 0. The molecule has 0 amide bonds. The number of hydrogen-bond acceptors (Lipinski definition) is 6. The molecule has 0 saturated carbocycles. The quantitative estimate of drug-likeness (QED) is 0.218. The van der Waals surface area contributed by atoms with E-state index in [-0.39, 0.29) is 5.78 Å². The molecule has 5 rings (SSSR count). The van der Waals surface area contributed by atoms with E-state index in [1.807, 2.05) is 78.9 Å². The Morgan fingerprint density at radius 1 is 0.579 bits per heavy atom. The Labute approximate surface area is 221 Å². The first-order valence-corrected chi connectivity index (χ1v) is 11.9. The number of nitrogens with zero attached hydrogens (tertiary/aromatic N) is 1. The fourth-order valence-electron chi connectivity index (χ4n) is 3.43. The summed E-state index contributed by atoms with van der Waals surface area (Å²) in [4.78, 5) is 11.1. The molecule has 0 aliphatic carbocycles. The predicted octanol–water partition coefficient (Wildman–Crippen LogP) is 7.57. The first-order valence-electron chi connectivity index (χ1n) is 11.9. The fraction of sp³-hybridized carbons (Fsp3) is 0.0968. The van der Waals surface area contributed by atoms with Gasteiger partial charge in [0.05, 0.1) is 19.9 Å². The van der Waals surface area contributed by atoms with Crippen LogP contribution in [0.3, 0.4) is 0 Å². The van der Waals surface area contributed by atoms with E-state index in [0.29, 0.717) is 11.3 Å². The molecule has 0 aliphatic heterocycles. The molecule has 38 heavy (non-hydrogen) atoms. The normalized spacial score (nSPS) is 10.1. The number of aromatic amines is 1. The summed E-state index contributed by atoms with van der Waals surface area (Å²) in [5, 5.41) is 6.94. The van der Waals surface area contributed by atoms with Crippen LogP contribution in [-0.4, -0.2) is 30.2 Å². The highest BCUT2D eigenvalue weighted by molar-refractivity contribution is 5.94. The van der Waals surface area contributed by atoms with Gasteiger partial charge >= 0.3 is 0 Å². The lowest BCUT2D eigenvalue weighted by molar-refractivity contribution is 0.101. The molecule has 1 aromatic heterocycles. The molecule has 0 atom stereocenters. The number of carbonyl (C=O) groups excluding carboxylic acids is 1. The molecule has 7 nitrogen and oxygen atoms in total. The number of benzene rings is 4. The molecule has 4 aromatic carbocycles. The third-order valence-electron chi connectivity index (χ3n) is 5.50. The van der Waals surface area contributed by atoms with E-state index in [4.69, 9.17) is 18.9 Å². The Morgan fingerprint density at radius 2 is 0.974 bits per heavy atom. The fourth-order valence-corrected chi connectivity index (χ4v) is 3.43. The van der Waals surface area contributed by atoms with Crippen molar-refractivity contribution in [1.29, 1.82) is 0 Å². The van der Waals surface area contributed by atoms with E-state index < -0.39 is 0 Å². The number of methoxy groups -OCH3 is 2. The second-order valence-electron chi connectivity index (χ2n) is 8.12. The summed E-state index contributed by atoms with van der Waals surface area (Å²) in [5.74, 6) is 4.64. The van der Waals surface area contributed by atoms with Gasteiger partial charge < -0.3 is 18.9 Å². The summed E-state index contributed by atoms with van der Waals surface area (Å²) in [5.41, 5.74) is 2.64. The second kappa shape index (κ2) is 12.8. The Balaban J connectivity index is 0.000000178. The molecule has 0 saturated heterocycles. The maximum Gasteiger partial charge on any atom is 0.159 e. The molecule has 0 unspecified atom stereocenters. The monoisotopic (exact) mass is 508 g/mol. The number of ether oxygens (including phenoxy) is 4. The van der Waals surface area contributed by atoms with Crippen molar-refractivity contribution in [3.8, 4) is 45.8 Å². The summed E-state index contributed by atoms with van der Waals surface area (Å²) in [6, 6.07) is 31.6. The van der Waals surface area contributed by atoms with Gasteiger partial charge in [0.1, 0.15) is 34.5 Å². The smallest absolute Gasteiger partial charge is 0.159 e. The number of rotatable bonds is 8. The van der Waals surface area contributed by atoms with Crippen molar-refractivity contribution in [2.75, 3.05) is 14.2 Å². The van der Waals surface area contributed by atoms with Gasteiger partial charge in [-0.05, 0) is 110 Å². The van der Waals surface area contributed by atoms with Crippen LogP contribution in [0.1, 0.15) is 17.3 Å². The Bertz CT molecular complexity index is 1410. The van der Waals surface area contributed by atoms with Crippen molar-refractivity contribution in [3.63, 3.8) is 0 Å². The molecule has 192 valence electrons. The van der Waals surface area contributed by atoms with Gasteiger partial charge in [-0.2, -0.15) is 5.10 Å². The lowest BCUT2D eigenvalue weighted by Crippen LogP contribution is -1.91. The molecular formula is C31H28N2O5. The molecule has 0 radical (unpaired) electrons. The van der Waals surface area contributed by atoms with Crippen molar-refractivity contribution in [2.24, 2.45) is 0 Å². The van der Waals surface area contributed by atoms with Crippen molar-refractivity contribution in [1.82, 2.24) is 10.2 Å². The van der Waals surface area contributed by atoms with Crippen LogP contribution in [0.5, 0.6) is 34.5 Å². The Morgan fingerprint density at radius 3 is 1.34 bits per heavy atom. The highest BCUT2D eigenvalue weighted by Gasteiger charge is 2.03. The number of ketones is 1. The van der Waals surface area contributed by atoms with Crippen LogP contribution in [0.25, 0.3) is 11.3 Å². The Kier molecular flexibility index (Phi) is 8.76. The minimum Gasteiger partial charge on any atom is -0.497 e.